The molecule has 1 aromatic carbocycles. The number of benzene rings is 1. The van der Waals surface area contributed by atoms with Crippen molar-refractivity contribution in [2.75, 3.05) is 0 Å². The van der Waals surface area contributed by atoms with Gasteiger partial charge in [0.25, 0.3) is 0 Å². The van der Waals surface area contributed by atoms with Gasteiger partial charge < -0.3 is 0 Å². The van der Waals surface area contributed by atoms with E-state index in [2.05, 4.69) is 0 Å². The summed E-state index contributed by atoms with van der Waals surface area (Å²) in [6.45, 7) is 0. The first-order valence-corrected chi connectivity index (χ1v) is 6.65. The summed E-state index contributed by atoms with van der Waals surface area (Å²) in [5.41, 5.74) is -0.0560. The number of alkyl halides is 3. The fourth-order valence-electron chi connectivity index (χ4n) is 2.62. The highest BCUT2D eigenvalue weighted by Gasteiger charge is 2.30. The van der Waals surface area contributed by atoms with E-state index in [4.69, 9.17) is 0 Å². The van der Waals surface area contributed by atoms with E-state index in [1.54, 1.807) is 6.07 Å². The molecule has 0 saturated heterocycles. The second-order valence-corrected chi connectivity index (χ2v) is 5.15. The minimum atomic E-state index is -4.31. The zero-order chi connectivity index (χ0) is 13.9. The third kappa shape index (κ3) is 3.82. The summed E-state index contributed by atoms with van der Waals surface area (Å²) in [5, 5.41) is 0. The van der Waals surface area contributed by atoms with Crippen LogP contribution in [0.1, 0.15) is 43.2 Å². The first kappa shape index (κ1) is 14.1. The summed E-state index contributed by atoms with van der Waals surface area (Å²) in [4.78, 5) is 11.9. The molecule has 0 spiro atoms. The van der Waals surface area contributed by atoms with Crippen molar-refractivity contribution in [1.82, 2.24) is 0 Å². The molecule has 0 N–H and O–H groups in total. The van der Waals surface area contributed by atoms with E-state index in [1.165, 1.54) is 6.07 Å². The SMILES string of the molecule is O=C(CCc1cccc(C(F)(F)F)c1)C1CCCC1. The molecule has 1 aromatic rings. The third-order valence-corrected chi connectivity index (χ3v) is 3.72. The van der Waals surface area contributed by atoms with Crippen molar-refractivity contribution in [3.05, 3.63) is 35.4 Å². The molecule has 2 rings (SSSR count). The van der Waals surface area contributed by atoms with E-state index in [9.17, 15) is 18.0 Å². The molecule has 0 bridgehead atoms. The molecule has 1 aliphatic carbocycles. The number of carbonyl (C=O) groups excluding carboxylic acids is 1. The molecule has 104 valence electrons. The van der Waals surface area contributed by atoms with Crippen LogP contribution >= 0.6 is 0 Å². The van der Waals surface area contributed by atoms with Crippen LogP contribution in [-0.4, -0.2) is 5.78 Å². The molecular weight excluding hydrogens is 253 g/mol. The Bertz CT molecular complexity index is 445. The highest BCUT2D eigenvalue weighted by molar-refractivity contribution is 5.81. The number of Topliss-reactive ketones (excluding diaryl/α,β-unsaturated/α-hetero) is 1. The minimum absolute atomic E-state index is 0.144. The van der Waals surface area contributed by atoms with E-state index in [-0.39, 0.29) is 11.7 Å². The van der Waals surface area contributed by atoms with Crippen LogP contribution in [-0.2, 0) is 17.4 Å². The van der Waals surface area contributed by atoms with E-state index in [0.29, 0.717) is 18.4 Å². The van der Waals surface area contributed by atoms with Gasteiger partial charge in [0.15, 0.2) is 0 Å². The van der Waals surface area contributed by atoms with Crippen LogP contribution in [0.2, 0.25) is 0 Å². The van der Waals surface area contributed by atoms with Gasteiger partial charge in [0.2, 0.25) is 0 Å². The number of halogens is 3. The van der Waals surface area contributed by atoms with Gasteiger partial charge in [-0.05, 0) is 30.9 Å². The van der Waals surface area contributed by atoms with Crippen LogP contribution in [0.4, 0.5) is 13.2 Å². The predicted octanol–water partition coefficient (Wildman–Crippen LogP) is 4.40. The summed E-state index contributed by atoms with van der Waals surface area (Å²) in [7, 11) is 0. The summed E-state index contributed by atoms with van der Waals surface area (Å²) < 4.78 is 37.6. The van der Waals surface area contributed by atoms with Gasteiger partial charge in [-0.3, -0.25) is 4.79 Å². The van der Waals surface area contributed by atoms with Gasteiger partial charge in [-0.1, -0.05) is 31.0 Å². The molecule has 0 atom stereocenters. The normalized spacial score (nSPS) is 16.8. The quantitative estimate of drug-likeness (QED) is 0.792. The molecule has 0 heterocycles. The van der Waals surface area contributed by atoms with Crippen molar-refractivity contribution in [2.24, 2.45) is 5.92 Å². The smallest absolute Gasteiger partial charge is 0.299 e. The Morgan fingerprint density at radius 1 is 1.21 bits per heavy atom. The Labute approximate surface area is 110 Å². The van der Waals surface area contributed by atoms with Crippen LogP contribution in [0.5, 0.6) is 0 Å². The fourth-order valence-corrected chi connectivity index (χ4v) is 2.62. The summed E-state index contributed by atoms with van der Waals surface area (Å²) >= 11 is 0. The number of aryl methyl sites for hydroxylation is 1. The second-order valence-electron chi connectivity index (χ2n) is 5.15. The molecule has 1 nitrogen and oxygen atoms in total. The predicted molar refractivity (Wildman–Crippen MR) is 66.7 cm³/mol. The lowest BCUT2D eigenvalue weighted by molar-refractivity contribution is -0.137. The lowest BCUT2D eigenvalue weighted by Gasteiger charge is -2.10. The summed E-state index contributed by atoms with van der Waals surface area (Å²) in [6, 6.07) is 5.25. The molecule has 4 heteroatoms. The topological polar surface area (TPSA) is 17.1 Å². The number of carbonyl (C=O) groups is 1. The summed E-state index contributed by atoms with van der Waals surface area (Å²) in [5.74, 6) is 0.348. The molecule has 1 fully saturated rings. The van der Waals surface area contributed by atoms with Gasteiger partial charge in [0.1, 0.15) is 5.78 Å². The molecule has 0 unspecified atom stereocenters. The standard InChI is InChI=1S/C15H17F3O/c16-15(17,18)13-7-3-4-11(10-13)8-9-14(19)12-5-1-2-6-12/h3-4,7,10,12H,1-2,5-6,8-9H2. The van der Waals surface area contributed by atoms with Crippen LogP contribution in [0.15, 0.2) is 24.3 Å². The van der Waals surface area contributed by atoms with E-state index < -0.39 is 11.7 Å². The fraction of sp³-hybridized carbons (Fsp3) is 0.533. The highest BCUT2D eigenvalue weighted by Crippen LogP contribution is 2.30. The largest absolute Gasteiger partial charge is 0.416 e. The Kier molecular flexibility index (Phi) is 4.27. The highest BCUT2D eigenvalue weighted by atomic mass is 19.4. The molecule has 0 radical (unpaired) electrons. The first-order valence-electron chi connectivity index (χ1n) is 6.65. The van der Waals surface area contributed by atoms with Crippen LogP contribution in [0.25, 0.3) is 0 Å². The number of ketones is 1. The third-order valence-electron chi connectivity index (χ3n) is 3.72. The molecular formula is C15H17F3O. The van der Waals surface area contributed by atoms with Gasteiger partial charge in [0.05, 0.1) is 5.56 Å². The lowest BCUT2D eigenvalue weighted by atomic mass is 9.96. The van der Waals surface area contributed by atoms with Gasteiger partial charge in [-0.15, -0.1) is 0 Å². The Balaban J connectivity index is 1.94. The van der Waals surface area contributed by atoms with Crippen LogP contribution < -0.4 is 0 Å². The molecule has 0 aliphatic heterocycles. The van der Waals surface area contributed by atoms with Gasteiger partial charge in [-0.2, -0.15) is 13.2 Å². The second kappa shape index (κ2) is 5.76. The average Bonchev–Trinajstić information content (AvgIpc) is 2.89. The zero-order valence-corrected chi connectivity index (χ0v) is 10.7. The number of hydrogen-bond acceptors (Lipinski definition) is 1. The van der Waals surface area contributed by atoms with Crippen molar-refractivity contribution in [2.45, 2.75) is 44.7 Å². The Hall–Kier alpha value is -1.32. The molecule has 19 heavy (non-hydrogen) atoms. The van der Waals surface area contributed by atoms with Crippen molar-refractivity contribution in [3.63, 3.8) is 0 Å². The molecule has 1 saturated carbocycles. The van der Waals surface area contributed by atoms with E-state index in [1.807, 2.05) is 0 Å². The maximum Gasteiger partial charge on any atom is 0.416 e. The monoisotopic (exact) mass is 270 g/mol. The van der Waals surface area contributed by atoms with Crippen molar-refractivity contribution >= 4 is 5.78 Å². The van der Waals surface area contributed by atoms with E-state index >= 15 is 0 Å². The van der Waals surface area contributed by atoms with E-state index in [0.717, 1.165) is 37.8 Å². The summed E-state index contributed by atoms with van der Waals surface area (Å²) in [6.07, 6.45) is 0.527. The Morgan fingerprint density at radius 3 is 2.53 bits per heavy atom. The van der Waals surface area contributed by atoms with Gasteiger partial charge in [-0.25, -0.2) is 0 Å². The Morgan fingerprint density at radius 2 is 1.89 bits per heavy atom. The molecule has 1 aliphatic rings. The van der Waals surface area contributed by atoms with Crippen molar-refractivity contribution in [1.29, 1.82) is 0 Å². The first-order chi connectivity index (χ1) is 8.97. The maximum absolute atomic E-state index is 12.5. The van der Waals surface area contributed by atoms with Crippen molar-refractivity contribution < 1.29 is 18.0 Å². The van der Waals surface area contributed by atoms with Gasteiger partial charge in [0, 0.05) is 12.3 Å². The molecule has 0 amide bonds. The van der Waals surface area contributed by atoms with Crippen molar-refractivity contribution in [3.8, 4) is 0 Å². The number of rotatable bonds is 4. The average molecular weight is 270 g/mol. The lowest BCUT2D eigenvalue weighted by Crippen LogP contribution is -2.11. The van der Waals surface area contributed by atoms with Crippen LogP contribution in [0.3, 0.4) is 0 Å². The maximum atomic E-state index is 12.5. The molecule has 0 aromatic heterocycles. The van der Waals surface area contributed by atoms with Crippen LogP contribution in [0, 0.1) is 5.92 Å². The minimum Gasteiger partial charge on any atom is -0.299 e. The number of hydrogen-bond donors (Lipinski definition) is 0. The zero-order valence-electron chi connectivity index (χ0n) is 10.7. The van der Waals surface area contributed by atoms with Gasteiger partial charge >= 0.3 is 6.18 Å².